The molecule has 0 aliphatic heterocycles. The largest absolute Gasteiger partial charge is 0.480 e. The molecule has 1 atom stereocenters. The van der Waals surface area contributed by atoms with Crippen molar-refractivity contribution in [3.8, 4) is 0 Å². The molecule has 0 fully saturated rings. The highest BCUT2D eigenvalue weighted by Crippen LogP contribution is 2.12. The lowest BCUT2D eigenvalue weighted by atomic mass is 10.2. The zero-order valence-corrected chi connectivity index (χ0v) is 10.3. The standard InChI is InChI=1S/C12H17N3O2/c1-4-10(12(16)17)14-8-9-6-5-7-13-11(9)15(2)3/h5-8,10H,4H2,1-3H3,(H,16,17). The van der Waals surface area contributed by atoms with Crippen LogP contribution in [-0.2, 0) is 4.79 Å². The van der Waals surface area contributed by atoms with E-state index in [0.717, 1.165) is 11.4 Å². The zero-order valence-electron chi connectivity index (χ0n) is 10.3. The smallest absolute Gasteiger partial charge is 0.328 e. The van der Waals surface area contributed by atoms with Gasteiger partial charge in [-0.2, -0.15) is 0 Å². The summed E-state index contributed by atoms with van der Waals surface area (Å²) in [7, 11) is 3.77. The molecule has 5 heteroatoms. The monoisotopic (exact) mass is 235 g/mol. The minimum absolute atomic E-state index is 0.476. The number of pyridine rings is 1. The Labute approximate surface area is 101 Å². The first-order chi connectivity index (χ1) is 8.06. The maximum atomic E-state index is 10.8. The summed E-state index contributed by atoms with van der Waals surface area (Å²) in [6.07, 6.45) is 3.75. The summed E-state index contributed by atoms with van der Waals surface area (Å²) < 4.78 is 0. The summed E-state index contributed by atoms with van der Waals surface area (Å²) in [5.41, 5.74) is 0.817. The fraction of sp³-hybridized carbons (Fsp3) is 0.417. The number of hydrogen-bond donors (Lipinski definition) is 1. The third-order valence-electron chi connectivity index (χ3n) is 2.31. The molecular formula is C12H17N3O2. The van der Waals surface area contributed by atoms with Gasteiger partial charge < -0.3 is 10.0 Å². The normalized spacial score (nSPS) is 12.6. The third kappa shape index (κ3) is 3.55. The highest BCUT2D eigenvalue weighted by atomic mass is 16.4. The van der Waals surface area contributed by atoms with E-state index in [1.807, 2.05) is 25.1 Å². The Bertz CT molecular complexity index is 416. The van der Waals surface area contributed by atoms with Crippen LogP contribution in [0.15, 0.2) is 23.3 Å². The molecule has 1 heterocycles. The number of hydrogen-bond acceptors (Lipinski definition) is 4. The molecule has 1 aromatic heterocycles. The van der Waals surface area contributed by atoms with E-state index in [1.54, 1.807) is 25.4 Å². The fourth-order valence-corrected chi connectivity index (χ4v) is 1.40. The summed E-state index contributed by atoms with van der Waals surface area (Å²) in [4.78, 5) is 21.0. The van der Waals surface area contributed by atoms with E-state index in [-0.39, 0.29) is 0 Å². The quantitative estimate of drug-likeness (QED) is 0.784. The van der Waals surface area contributed by atoms with E-state index in [0.29, 0.717) is 6.42 Å². The Morgan fingerprint density at radius 1 is 1.65 bits per heavy atom. The third-order valence-corrected chi connectivity index (χ3v) is 2.31. The molecule has 17 heavy (non-hydrogen) atoms. The first-order valence-electron chi connectivity index (χ1n) is 5.44. The Kier molecular flexibility index (Phi) is 4.63. The number of nitrogens with zero attached hydrogens (tertiary/aromatic N) is 3. The Balaban J connectivity index is 2.94. The van der Waals surface area contributed by atoms with Gasteiger partial charge in [-0.05, 0) is 18.6 Å². The molecule has 0 aromatic carbocycles. The fourth-order valence-electron chi connectivity index (χ4n) is 1.40. The second-order valence-corrected chi connectivity index (χ2v) is 3.85. The van der Waals surface area contributed by atoms with Gasteiger partial charge in [0.25, 0.3) is 0 Å². The van der Waals surface area contributed by atoms with E-state index in [2.05, 4.69) is 9.98 Å². The van der Waals surface area contributed by atoms with Crippen LogP contribution in [0.1, 0.15) is 18.9 Å². The molecule has 92 valence electrons. The molecule has 0 bridgehead atoms. The number of anilines is 1. The van der Waals surface area contributed by atoms with Gasteiger partial charge in [-0.3, -0.25) is 4.99 Å². The lowest BCUT2D eigenvalue weighted by Gasteiger charge is -2.13. The Morgan fingerprint density at radius 3 is 2.88 bits per heavy atom. The van der Waals surface area contributed by atoms with Crippen LogP contribution in [0.3, 0.4) is 0 Å². The van der Waals surface area contributed by atoms with Gasteiger partial charge in [0.2, 0.25) is 0 Å². The molecule has 0 amide bonds. The average molecular weight is 235 g/mol. The summed E-state index contributed by atoms with van der Waals surface area (Å²) in [5.74, 6) is -0.129. The van der Waals surface area contributed by atoms with Crippen molar-refractivity contribution in [1.82, 2.24) is 4.98 Å². The van der Waals surface area contributed by atoms with Crippen molar-refractivity contribution >= 4 is 18.0 Å². The molecule has 5 nitrogen and oxygen atoms in total. The molecular weight excluding hydrogens is 218 g/mol. The lowest BCUT2D eigenvalue weighted by Crippen LogP contribution is -2.17. The number of carboxylic acid groups (broad SMARTS) is 1. The van der Waals surface area contributed by atoms with Crippen molar-refractivity contribution in [3.05, 3.63) is 23.9 Å². The Morgan fingerprint density at radius 2 is 2.35 bits per heavy atom. The van der Waals surface area contributed by atoms with Gasteiger partial charge in [0.15, 0.2) is 0 Å². The summed E-state index contributed by atoms with van der Waals surface area (Å²) in [5, 5.41) is 8.89. The molecule has 0 spiro atoms. The number of aromatic nitrogens is 1. The summed E-state index contributed by atoms with van der Waals surface area (Å²) >= 11 is 0. The first-order valence-corrected chi connectivity index (χ1v) is 5.44. The molecule has 1 aromatic rings. The zero-order chi connectivity index (χ0) is 12.8. The van der Waals surface area contributed by atoms with Crippen molar-refractivity contribution in [1.29, 1.82) is 0 Å². The summed E-state index contributed by atoms with van der Waals surface area (Å²) in [6, 6.07) is 2.97. The number of aliphatic carboxylic acids is 1. The number of carboxylic acids is 1. The highest BCUT2D eigenvalue weighted by molar-refractivity contribution is 5.88. The number of carbonyl (C=O) groups is 1. The minimum Gasteiger partial charge on any atom is -0.480 e. The van der Waals surface area contributed by atoms with Crippen molar-refractivity contribution in [2.24, 2.45) is 4.99 Å². The molecule has 0 saturated carbocycles. The molecule has 1 unspecified atom stereocenters. The molecule has 1 N–H and O–H groups in total. The van der Waals surface area contributed by atoms with Crippen LogP contribution < -0.4 is 4.90 Å². The average Bonchev–Trinajstić information content (AvgIpc) is 2.29. The van der Waals surface area contributed by atoms with Gasteiger partial charge in [0.1, 0.15) is 11.9 Å². The molecule has 1 rings (SSSR count). The highest BCUT2D eigenvalue weighted by Gasteiger charge is 2.12. The van der Waals surface area contributed by atoms with Crippen LogP contribution in [0.2, 0.25) is 0 Å². The van der Waals surface area contributed by atoms with Gasteiger partial charge >= 0.3 is 5.97 Å². The van der Waals surface area contributed by atoms with E-state index < -0.39 is 12.0 Å². The van der Waals surface area contributed by atoms with Crippen molar-refractivity contribution < 1.29 is 9.90 Å². The van der Waals surface area contributed by atoms with Gasteiger partial charge in [0, 0.05) is 32.1 Å². The Hall–Kier alpha value is -1.91. The van der Waals surface area contributed by atoms with Crippen LogP contribution in [0.25, 0.3) is 0 Å². The van der Waals surface area contributed by atoms with Gasteiger partial charge in [-0.1, -0.05) is 6.92 Å². The van der Waals surface area contributed by atoms with Crippen LogP contribution in [0, 0.1) is 0 Å². The van der Waals surface area contributed by atoms with Crippen molar-refractivity contribution in [2.45, 2.75) is 19.4 Å². The molecule has 0 aliphatic carbocycles. The molecule has 0 saturated heterocycles. The second-order valence-electron chi connectivity index (χ2n) is 3.85. The second kappa shape index (κ2) is 5.98. The van der Waals surface area contributed by atoms with Crippen LogP contribution >= 0.6 is 0 Å². The van der Waals surface area contributed by atoms with Crippen LogP contribution in [-0.4, -0.2) is 42.4 Å². The minimum atomic E-state index is -0.904. The topological polar surface area (TPSA) is 65.8 Å². The van der Waals surface area contributed by atoms with E-state index >= 15 is 0 Å². The maximum absolute atomic E-state index is 10.8. The lowest BCUT2D eigenvalue weighted by molar-refractivity contribution is -0.138. The molecule has 0 radical (unpaired) electrons. The molecule has 0 aliphatic rings. The summed E-state index contributed by atoms with van der Waals surface area (Å²) in [6.45, 7) is 1.80. The maximum Gasteiger partial charge on any atom is 0.328 e. The van der Waals surface area contributed by atoms with Gasteiger partial charge in [-0.25, -0.2) is 9.78 Å². The van der Waals surface area contributed by atoms with E-state index in [4.69, 9.17) is 5.11 Å². The predicted molar refractivity (Wildman–Crippen MR) is 67.9 cm³/mol. The van der Waals surface area contributed by atoms with Crippen molar-refractivity contribution in [2.75, 3.05) is 19.0 Å². The van der Waals surface area contributed by atoms with Gasteiger partial charge in [-0.15, -0.1) is 0 Å². The first kappa shape index (κ1) is 13.2. The number of rotatable bonds is 5. The van der Waals surface area contributed by atoms with Crippen LogP contribution in [0.4, 0.5) is 5.82 Å². The van der Waals surface area contributed by atoms with E-state index in [9.17, 15) is 4.79 Å². The SMILES string of the molecule is CCC(N=Cc1cccnc1N(C)C)C(=O)O. The predicted octanol–water partition coefficient (Wildman–Crippen LogP) is 1.43. The van der Waals surface area contributed by atoms with Crippen LogP contribution in [0.5, 0.6) is 0 Å². The van der Waals surface area contributed by atoms with Crippen molar-refractivity contribution in [3.63, 3.8) is 0 Å². The van der Waals surface area contributed by atoms with E-state index in [1.165, 1.54) is 0 Å². The number of aliphatic imine (C=N–C) groups is 1. The van der Waals surface area contributed by atoms with Gasteiger partial charge in [0.05, 0.1) is 0 Å².